The van der Waals surface area contributed by atoms with Gasteiger partial charge in [0.25, 0.3) is 0 Å². The van der Waals surface area contributed by atoms with Crippen molar-refractivity contribution < 1.29 is 4.42 Å². The molecule has 0 unspecified atom stereocenters. The molecule has 1 aliphatic carbocycles. The molecule has 3 rings (SSSR count). The number of furan rings is 1. The van der Waals surface area contributed by atoms with E-state index in [1.54, 1.807) is 6.26 Å². The molecule has 1 spiro atoms. The standard InChI is InChI=1S/C14H22N2O/c1-16(11-12-3-2-10-17-12)13-4-5-14(13)6-8-15-9-7-14/h2-3,10,13,15H,4-9,11H2,1H3/t13-/m0/s1. The number of hydrogen-bond acceptors (Lipinski definition) is 3. The molecule has 1 aromatic heterocycles. The van der Waals surface area contributed by atoms with Crippen LogP contribution in [0, 0.1) is 5.41 Å². The first kappa shape index (κ1) is 11.3. The summed E-state index contributed by atoms with van der Waals surface area (Å²) in [6, 6.07) is 4.81. The van der Waals surface area contributed by atoms with Crippen LogP contribution in [0.25, 0.3) is 0 Å². The Morgan fingerprint density at radius 1 is 1.41 bits per heavy atom. The van der Waals surface area contributed by atoms with Gasteiger partial charge in [-0.05, 0) is 63.4 Å². The zero-order valence-electron chi connectivity index (χ0n) is 10.6. The lowest BCUT2D eigenvalue weighted by Gasteiger charge is -2.55. The summed E-state index contributed by atoms with van der Waals surface area (Å²) in [7, 11) is 2.25. The largest absolute Gasteiger partial charge is 0.468 e. The Bertz CT molecular complexity index is 354. The SMILES string of the molecule is CN(Cc1ccco1)[C@H]1CCC12CCNCC2. The van der Waals surface area contributed by atoms with Crippen molar-refractivity contribution in [3.05, 3.63) is 24.2 Å². The van der Waals surface area contributed by atoms with E-state index in [9.17, 15) is 0 Å². The average molecular weight is 234 g/mol. The van der Waals surface area contributed by atoms with Crippen LogP contribution in [0.2, 0.25) is 0 Å². The van der Waals surface area contributed by atoms with Crippen LogP contribution in [0.3, 0.4) is 0 Å². The molecule has 1 atom stereocenters. The lowest BCUT2D eigenvalue weighted by molar-refractivity contribution is -0.0423. The zero-order valence-corrected chi connectivity index (χ0v) is 10.6. The molecule has 3 nitrogen and oxygen atoms in total. The first-order valence-electron chi connectivity index (χ1n) is 6.74. The summed E-state index contributed by atoms with van der Waals surface area (Å²) in [5, 5.41) is 3.48. The fourth-order valence-electron chi connectivity index (χ4n) is 3.64. The second-order valence-electron chi connectivity index (χ2n) is 5.66. The average Bonchev–Trinajstić information content (AvgIpc) is 2.81. The van der Waals surface area contributed by atoms with E-state index >= 15 is 0 Å². The van der Waals surface area contributed by atoms with Crippen LogP contribution in [0.4, 0.5) is 0 Å². The molecule has 1 N–H and O–H groups in total. The molecular formula is C14H22N2O. The van der Waals surface area contributed by atoms with E-state index in [4.69, 9.17) is 4.42 Å². The molecule has 1 aromatic rings. The van der Waals surface area contributed by atoms with Gasteiger partial charge in [0.15, 0.2) is 0 Å². The van der Waals surface area contributed by atoms with E-state index in [1.807, 2.05) is 6.07 Å². The van der Waals surface area contributed by atoms with Crippen LogP contribution in [0.1, 0.15) is 31.4 Å². The molecule has 2 fully saturated rings. The Morgan fingerprint density at radius 3 is 2.82 bits per heavy atom. The van der Waals surface area contributed by atoms with Crippen molar-refractivity contribution in [2.75, 3.05) is 20.1 Å². The lowest BCUT2D eigenvalue weighted by atomic mass is 9.59. The highest BCUT2D eigenvalue weighted by atomic mass is 16.3. The van der Waals surface area contributed by atoms with Crippen molar-refractivity contribution in [1.29, 1.82) is 0 Å². The van der Waals surface area contributed by atoms with Gasteiger partial charge in [0.2, 0.25) is 0 Å². The van der Waals surface area contributed by atoms with Crippen LogP contribution < -0.4 is 5.32 Å². The van der Waals surface area contributed by atoms with Gasteiger partial charge in [0.1, 0.15) is 5.76 Å². The third-order valence-electron chi connectivity index (χ3n) is 4.74. The molecule has 0 aromatic carbocycles. The van der Waals surface area contributed by atoms with E-state index < -0.39 is 0 Å². The monoisotopic (exact) mass is 234 g/mol. The number of hydrogen-bond donors (Lipinski definition) is 1. The van der Waals surface area contributed by atoms with E-state index in [1.165, 1.54) is 38.8 Å². The molecule has 2 aliphatic rings. The van der Waals surface area contributed by atoms with Crippen molar-refractivity contribution in [2.24, 2.45) is 5.41 Å². The predicted molar refractivity (Wildman–Crippen MR) is 67.7 cm³/mol. The molecule has 1 saturated heterocycles. The fourth-order valence-corrected chi connectivity index (χ4v) is 3.64. The van der Waals surface area contributed by atoms with Crippen molar-refractivity contribution in [3.8, 4) is 0 Å². The van der Waals surface area contributed by atoms with Gasteiger partial charge in [-0.25, -0.2) is 0 Å². The maximum atomic E-state index is 5.44. The smallest absolute Gasteiger partial charge is 0.117 e. The Kier molecular flexibility index (Phi) is 2.97. The lowest BCUT2D eigenvalue weighted by Crippen LogP contribution is -2.57. The summed E-state index contributed by atoms with van der Waals surface area (Å²) in [4.78, 5) is 2.49. The fraction of sp³-hybridized carbons (Fsp3) is 0.714. The number of rotatable bonds is 3. The molecule has 0 bridgehead atoms. The van der Waals surface area contributed by atoms with Gasteiger partial charge < -0.3 is 9.73 Å². The molecule has 0 amide bonds. The third kappa shape index (κ3) is 2.02. The number of nitrogens with zero attached hydrogens (tertiary/aromatic N) is 1. The Balaban J connectivity index is 1.64. The Hall–Kier alpha value is -0.800. The van der Waals surface area contributed by atoms with E-state index in [0.29, 0.717) is 5.41 Å². The van der Waals surface area contributed by atoms with Gasteiger partial charge in [0.05, 0.1) is 12.8 Å². The van der Waals surface area contributed by atoms with Gasteiger partial charge in [-0.2, -0.15) is 0 Å². The molecule has 1 aliphatic heterocycles. The summed E-state index contributed by atoms with van der Waals surface area (Å²) in [5.74, 6) is 1.09. The summed E-state index contributed by atoms with van der Waals surface area (Å²) in [6.07, 6.45) is 7.24. The summed E-state index contributed by atoms with van der Waals surface area (Å²) in [5.41, 5.74) is 0.604. The molecule has 17 heavy (non-hydrogen) atoms. The first-order chi connectivity index (χ1) is 8.30. The minimum absolute atomic E-state index is 0.604. The minimum atomic E-state index is 0.604. The van der Waals surface area contributed by atoms with E-state index in [-0.39, 0.29) is 0 Å². The summed E-state index contributed by atoms with van der Waals surface area (Å²) in [6.45, 7) is 3.35. The zero-order chi connectivity index (χ0) is 11.7. The highest BCUT2D eigenvalue weighted by Gasteiger charge is 2.48. The number of piperidine rings is 1. The predicted octanol–water partition coefficient (Wildman–Crippen LogP) is 2.24. The van der Waals surface area contributed by atoms with Gasteiger partial charge in [-0.15, -0.1) is 0 Å². The van der Waals surface area contributed by atoms with Crippen molar-refractivity contribution in [1.82, 2.24) is 10.2 Å². The van der Waals surface area contributed by atoms with Gasteiger partial charge in [0, 0.05) is 6.04 Å². The van der Waals surface area contributed by atoms with Crippen LogP contribution in [-0.2, 0) is 6.54 Å². The minimum Gasteiger partial charge on any atom is -0.468 e. The third-order valence-corrected chi connectivity index (χ3v) is 4.74. The van der Waals surface area contributed by atoms with Crippen molar-refractivity contribution in [2.45, 2.75) is 38.3 Å². The molecular weight excluding hydrogens is 212 g/mol. The van der Waals surface area contributed by atoms with Gasteiger partial charge >= 0.3 is 0 Å². The number of nitrogens with one attached hydrogen (secondary N) is 1. The van der Waals surface area contributed by atoms with Crippen molar-refractivity contribution in [3.63, 3.8) is 0 Å². The molecule has 2 heterocycles. The van der Waals surface area contributed by atoms with Crippen molar-refractivity contribution >= 4 is 0 Å². The van der Waals surface area contributed by atoms with Gasteiger partial charge in [-0.1, -0.05) is 0 Å². The maximum Gasteiger partial charge on any atom is 0.117 e. The highest BCUT2D eigenvalue weighted by molar-refractivity contribution is 5.05. The Morgan fingerprint density at radius 2 is 2.24 bits per heavy atom. The van der Waals surface area contributed by atoms with Crippen LogP contribution in [0.15, 0.2) is 22.8 Å². The first-order valence-corrected chi connectivity index (χ1v) is 6.74. The molecule has 94 valence electrons. The van der Waals surface area contributed by atoms with E-state index in [2.05, 4.69) is 23.3 Å². The highest BCUT2D eigenvalue weighted by Crippen LogP contribution is 2.50. The van der Waals surface area contributed by atoms with E-state index in [0.717, 1.165) is 18.3 Å². The quantitative estimate of drug-likeness (QED) is 0.869. The maximum absolute atomic E-state index is 5.44. The summed E-state index contributed by atoms with van der Waals surface area (Å²) >= 11 is 0. The summed E-state index contributed by atoms with van der Waals surface area (Å²) < 4.78 is 5.44. The second kappa shape index (κ2) is 4.46. The second-order valence-corrected chi connectivity index (χ2v) is 5.66. The molecule has 0 radical (unpaired) electrons. The van der Waals surface area contributed by atoms with Crippen LogP contribution >= 0.6 is 0 Å². The van der Waals surface area contributed by atoms with Gasteiger partial charge in [-0.3, -0.25) is 4.90 Å². The normalized spacial score (nSPS) is 27.3. The van der Waals surface area contributed by atoms with Crippen LogP contribution in [0.5, 0.6) is 0 Å². The topological polar surface area (TPSA) is 28.4 Å². The molecule has 3 heteroatoms. The molecule has 1 saturated carbocycles. The van der Waals surface area contributed by atoms with Crippen LogP contribution in [-0.4, -0.2) is 31.1 Å². The Labute approximate surface area is 103 Å².